The number of anilines is 1. The highest BCUT2D eigenvalue weighted by Gasteiger charge is 2.05. The molecule has 0 saturated heterocycles. The Bertz CT molecular complexity index is 704. The third kappa shape index (κ3) is 2.52. The lowest BCUT2D eigenvalue weighted by Crippen LogP contribution is -1.93. The van der Waals surface area contributed by atoms with Crippen molar-refractivity contribution in [3.63, 3.8) is 0 Å². The number of hydrogen-bond acceptors (Lipinski definition) is 3. The Balaban J connectivity index is 1.76. The van der Waals surface area contributed by atoms with Crippen molar-refractivity contribution in [2.45, 2.75) is 6.61 Å². The number of benzene rings is 2. The quantitative estimate of drug-likeness (QED) is 0.727. The topological polar surface area (TPSA) is 48.4 Å². The van der Waals surface area contributed by atoms with Crippen LogP contribution in [0.25, 0.3) is 11.0 Å². The Morgan fingerprint density at radius 3 is 2.63 bits per heavy atom. The Morgan fingerprint density at radius 1 is 1.05 bits per heavy atom. The summed E-state index contributed by atoms with van der Waals surface area (Å²) >= 11 is 0. The average molecular weight is 257 g/mol. The lowest BCUT2D eigenvalue weighted by molar-refractivity contribution is 0.274. The van der Waals surface area contributed by atoms with E-state index in [2.05, 4.69) is 0 Å². The van der Waals surface area contributed by atoms with Crippen molar-refractivity contribution in [3.05, 3.63) is 60.1 Å². The van der Waals surface area contributed by atoms with E-state index in [1.165, 1.54) is 12.1 Å². The molecule has 0 amide bonds. The van der Waals surface area contributed by atoms with Gasteiger partial charge in [-0.15, -0.1) is 0 Å². The van der Waals surface area contributed by atoms with E-state index in [1.54, 1.807) is 18.2 Å². The highest BCUT2D eigenvalue weighted by molar-refractivity contribution is 5.81. The monoisotopic (exact) mass is 257 g/mol. The molecule has 0 atom stereocenters. The summed E-state index contributed by atoms with van der Waals surface area (Å²) < 4.78 is 23.9. The fourth-order valence-electron chi connectivity index (χ4n) is 1.86. The number of halogens is 1. The molecule has 4 heteroatoms. The Kier molecular flexibility index (Phi) is 2.83. The van der Waals surface area contributed by atoms with Crippen molar-refractivity contribution < 1.29 is 13.5 Å². The summed E-state index contributed by atoms with van der Waals surface area (Å²) in [5.41, 5.74) is 7.08. The van der Waals surface area contributed by atoms with E-state index < -0.39 is 0 Å². The van der Waals surface area contributed by atoms with Gasteiger partial charge in [0.05, 0.1) is 0 Å². The largest absolute Gasteiger partial charge is 0.486 e. The average Bonchev–Trinajstić information content (AvgIpc) is 2.80. The highest BCUT2D eigenvalue weighted by Crippen LogP contribution is 2.23. The van der Waals surface area contributed by atoms with E-state index in [0.717, 1.165) is 11.0 Å². The number of ether oxygens (including phenoxy) is 1. The summed E-state index contributed by atoms with van der Waals surface area (Å²) in [6.45, 7) is 0.292. The molecule has 0 saturated carbocycles. The molecule has 1 aromatic heterocycles. The van der Waals surface area contributed by atoms with E-state index in [9.17, 15) is 4.39 Å². The standard InChI is InChI=1S/C15H12FNO2/c16-11-2-5-13(6-3-11)18-9-14-7-10-1-4-12(17)8-15(10)19-14/h1-8H,9,17H2. The number of rotatable bonds is 3. The first-order chi connectivity index (χ1) is 9.20. The summed E-state index contributed by atoms with van der Waals surface area (Å²) in [6.07, 6.45) is 0. The van der Waals surface area contributed by atoms with Crippen LogP contribution in [0.15, 0.2) is 52.9 Å². The number of nitrogen functional groups attached to an aromatic ring is 1. The molecule has 3 aromatic rings. The second-order valence-electron chi connectivity index (χ2n) is 4.25. The van der Waals surface area contributed by atoms with Crippen LogP contribution in [0.3, 0.4) is 0 Å². The van der Waals surface area contributed by atoms with Crippen LogP contribution < -0.4 is 10.5 Å². The maximum atomic E-state index is 12.7. The van der Waals surface area contributed by atoms with Gasteiger partial charge in [-0.25, -0.2) is 4.39 Å². The van der Waals surface area contributed by atoms with Gasteiger partial charge in [-0.1, -0.05) is 0 Å². The minimum atomic E-state index is -0.286. The molecular weight excluding hydrogens is 245 g/mol. The van der Waals surface area contributed by atoms with Gasteiger partial charge in [0, 0.05) is 17.1 Å². The summed E-state index contributed by atoms with van der Waals surface area (Å²) in [7, 11) is 0. The summed E-state index contributed by atoms with van der Waals surface area (Å²) in [5, 5.41) is 0.979. The van der Waals surface area contributed by atoms with Gasteiger partial charge in [0.25, 0.3) is 0 Å². The molecule has 0 fully saturated rings. The fraction of sp³-hybridized carbons (Fsp3) is 0.0667. The Hall–Kier alpha value is -2.49. The predicted molar refractivity (Wildman–Crippen MR) is 71.4 cm³/mol. The van der Waals surface area contributed by atoms with Crippen LogP contribution in [0.1, 0.15) is 5.76 Å². The predicted octanol–water partition coefficient (Wildman–Crippen LogP) is 3.73. The number of nitrogens with two attached hydrogens (primary N) is 1. The van der Waals surface area contributed by atoms with Crippen molar-refractivity contribution in [1.29, 1.82) is 0 Å². The molecule has 96 valence electrons. The van der Waals surface area contributed by atoms with Crippen LogP contribution in [0.5, 0.6) is 5.75 Å². The minimum absolute atomic E-state index is 0.286. The lowest BCUT2D eigenvalue weighted by atomic mass is 10.2. The van der Waals surface area contributed by atoms with Gasteiger partial charge < -0.3 is 14.9 Å². The SMILES string of the molecule is Nc1ccc2cc(COc3ccc(F)cc3)oc2c1. The molecule has 0 radical (unpaired) electrons. The summed E-state index contributed by atoms with van der Waals surface area (Å²) in [4.78, 5) is 0. The minimum Gasteiger partial charge on any atom is -0.486 e. The third-order valence-corrected chi connectivity index (χ3v) is 2.79. The van der Waals surface area contributed by atoms with Crippen molar-refractivity contribution in [2.75, 3.05) is 5.73 Å². The van der Waals surface area contributed by atoms with Crippen LogP contribution in [0.4, 0.5) is 10.1 Å². The normalized spacial score (nSPS) is 10.8. The molecule has 0 aliphatic carbocycles. The van der Waals surface area contributed by atoms with Gasteiger partial charge in [-0.3, -0.25) is 0 Å². The number of hydrogen-bond donors (Lipinski definition) is 1. The number of furan rings is 1. The molecule has 2 aromatic carbocycles. The van der Waals surface area contributed by atoms with E-state index in [0.29, 0.717) is 23.8 Å². The van der Waals surface area contributed by atoms with Crippen LogP contribution in [0.2, 0.25) is 0 Å². The molecule has 0 bridgehead atoms. The highest BCUT2D eigenvalue weighted by atomic mass is 19.1. The van der Waals surface area contributed by atoms with E-state index >= 15 is 0 Å². The van der Waals surface area contributed by atoms with Gasteiger partial charge in [0.2, 0.25) is 0 Å². The maximum absolute atomic E-state index is 12.7. The fourth-order valence-corrected chi connectivity index (χ4v) is 1.86. The molecule has 2 N–H and O–H groups in total. The van der Waals surface area contributed by atoms with Gasteiger partial charge in [0.1, 0.15) is 29.5 Å². The van der Waals surface area contributed by atoms with Crippen LogP contribution >= 0.6 is 0 Å². The van der Waals surface area contributed by atoms with Gasteiger partial charge in [-0.2, -0.15) is 0 Å². The second kappa shape index (κ2) is 4.65. The lowest BCUT2D eigenvalue weighted by Gasteiger charge is -2.03. The van der Waals surface area contributed by atoms with Crippen LogP contribution in [-0.4, -0.2) is 0 Å². The van der Waals surface area contributed by atoms with Crippen molar-refractivity contribution in [3.8, 4) is 5.75 Å². The zero-order chi connectivity index (χ0) is 13.2. The zero-order valence-corrected chi connectivity index (χ0v) is 10.1. The smallest absolute Gasteiger partial charge is 0.146 e. The Morgan fingerprint density at radius 2 is 1.84 bits per heavy atom. The summed E-state index contributed by atoms with van der Waals surface area (Å²) in [6, 6.07) is 13.3. The molecule has 1 heterocycles. The molecular formula is C15H12FNO2. The van der Waals surface area contributed by atoms with Gasteiger partial charge >= 0.3 is 0 Å². The van der Waals surface area contributed by atoms with E-state index in [-0.39, 0.29) is 5.82 Å². The first kappa shape index (κ1) is 11.6. The molecule has 19 heavy (non-hydrogen) atoms. The van der Waals surface area contributed by atoms with Crippen molar-refractivity contribution in [2.24, 2.45) is 0 Å². The molecule has 3 rings (SSSR count). The van der Waals surface area contributed by atoms with Gasteiger partial charge in [0.15, 0.2) is 0 Å². The van der Waals surface area contributed by atoms with E-state index in [4.69, 9.17) is 14.9 Å². The number of fused-ring (bicyclic) bond motifs is 1. The first-order valence-corrected chi connectivity index (χ1v) is 5.87. The molecule has 3 nitrogen and oxygen atoms in total. The Labute approximate surface area is 109 Å². The van der Waals surface area contributed by atoms with Gasteiger partial charge in [-0.05, 0) is 42.5 Å². The van der Waals surface area contributed by atoms with Crippen LogP contribution in [-0.2, 0) is 6.61 Å². The zero-order valence-electron chi connectivity index (χ0n) is 10.1. The molecule has 0 aliphatic rings. The van der Waals surface area contributed by atoms with Crippen LogP contribution in [0, 0.1) is 5.82 Å². The van der Waals surface area contributed by atoms with Crippen molar-refractivity contribution in [1.82, 2.24) is 0 Å². The molecule has 0 spiro atoms. The maximum Gasteiger partial charge on any atom is 0.146 e. The third-order valence-electron chi connectivity index (χ3n) is 2.79. The van der Waals surface area contributed by atoms with Crippen molar-refractivity contribution >= 4 is 16.7 Å². The summed E-state index contributed by atoms with van der Waals surface area (Å²) in [5.74, 6) is 1.01. The van der Waals surface area contributed by atoms with E-state index in [1.807, 2.05) is 18.2 Å². The molecule has 0 aliphatic heterocycles. The first-order valence-electron chi connectivity index (χ1n) is 5.87. The second-order valence-corrected chi connectivity index (χ2v) is 4.25. The molecule has 0 unspecified atom stereocenters.